The van der Waals surface area contributed by atoms with Crippen molar-refractivity contribution in [1.29, 1.82) is 0 Å². The van der Waals surface area contributed by atoms with Gasteiger partial charge in [0.25, 0.3) is 5.91 Å². The SMILES string of the molecule is O=C1c2oc3ccc(F)cc3c(=O)c2C(c2ccc(OCc3ccccc3)cc2)N1CCc1ccccc1. The van der Waals surface area contributed by atoms with E-state index in [0.29, 0.717) is 25.3 Å². The van der Waals surface area contributed by atoms with E-state index in [9.17, 15) is 14.0 Å². The van der Waals surface area contributed by atoms with Crippen molar-refractivity contribution in [2.45, 2.75) is 19.1 Å². The zero-order valence-corrected chi connectivity index (χ0v) is 20.5. The Bertz CT molecular complexity index is 1660. The van der Waals surface area contributed by atoms with Crippen LogP contribution in [-0.2, 0) is 13.0 Å². The molecule has 0 spiro atoms. The number of amides is 1. The third kappa shape index (κ3) is 4.45. The number of fused-ring (bicyclic) bond motifs is 2. The van der Waals surface area contributed by atoms with Gasteiger partial charge in [-0.3, -0.25) is 9.59 Å². The maximum absolute atomic E-state index is 14.0. The van der Waals surface area contributed by atoms with Crippen LogP contribution in [0.25, 0.3) is 11.0 Å². The van der Waals surface area contributed by atoms with Gasteiger partial charge in [0.15, 0.2) is 5.43 Å². The monoisotopic (exact) mass is 505 g/mol. The van der Waals surface area contributed by atoms with Crippen LogP contribution in [0.15, 0.2) is 112 Å². The molecule has 0 saturated heterocycles. The van der Waals surface area contributed by atoms with Gasteiger partial charge in [-0.05, 0) is 53.4 Å². The summed E-state index contributed by atoms with van der Waals surface area (Å²) in [6.07, 6.45) is 0.609. The summed E-state index contributed by atoms with van der Waals surface area (Å²) in [6.45, 7) is 0.809. The molecule has 5 nitrogen and oxygen atoms in total. The Labute approximate surface area is 218 Å². The van der Waals surface area contributed by atoms with Gasteiger partial charge in [0.2, 0.25) is 5.76 Å². The first-order valence-corrected chi connectivity index (χ1v) is 12.5. The van der Waals surface area contributed by atoms with Gasteiger partial charge in [0.05, 0.1) is 17.0 Å². The molecule has 188 valence electrons. The smallest absolute Gasteiger partial charge is 0.290 e. The molecule has 6 heteroatoms. The summed E-state index contributed by atoms with van der Waals surface area (Å²) < 4.78 is 25.9. The standard InChI is InChI=1S/C32H24FNO4/c33-24-13-16-27-26(19-24)30(35)28-29(23-11-14-25(15-12-23)37-20-22-9-5-2-6-10-22)34(32(36)31(28)38-27)18-17-21-7-3-1-4-8-21/h1-16,19,29H,17-18,20H2. The number of rotatable bonds is 7. The molecule has 0 fully saturated rings. The third-order valence-electron chi connectivity index (χ3n) is 6.86. The lowest BCUT2D eigenvalue weighted by Crippen LogP contribution is -2.31. The maximum Gasteiger partial charge on any atom is 0.290 e. The number of benzene rings is 4. The van der Waals surface area contributed by atoms with Crippen LogP contribution in [-0.4, -0.2) is 17.4 Å². The van der Waals surface area contributed by atoms with E-state index in [4.69, 9.17) is 9.15 Å². The van der Waals surface area contributed by atoms with Crippen molar-refractivity contribution >= 4 is 16.9 Å². The summed E-state index contributed by atoms with van der Waals surface area (Å²) in [7, 11) is 0. The lowest BCUT2D eigenvalue weighted by Gasteiger charge is -2.25. The number of nitrogens with zero attached hydrogens (tertiary/aromatic N) is 1. The quantitative estimate of drug-likeness (QED) is 0.261. The van der Waals surface area contributed by atoms with Crippen LogP contribution in [0.4, 0.5) is 4.39 Å². The molecule has 38 heavy (non-hydrogen) atoms. The second-order valence-corrected chi connectivity index (χ2v) is 9.29. The molecule has 6 rings (SSSR count). The van der Waals surface area contributed by atoms with E-state index < -0.39 is 17.3 Å². The normalized spacial score (nSPS) is 14.6. The van der Waals surface area contributed by atoms with Crippen molar-refractivity contribution in [3.63, 3.8) is 0 Å². The van der Waals surface area contributed by atoms with Crippen molar-refractivity contribution in [2.75, 3.05) is 6.54 Å². The van der Waals surface area contributed by atoms with Crippen LogP contribution >= 0.6 is 0 Å². The fourth-order valence-corrected chi connectivity index (χ4v) is 4.95. The second-order valence-electron chi connectivity index (χ2n) is 9.29. The van der Waals surface area contributed by atoms with Crippen molar-refractivity contribution < 1.29 is 18.3 Å². The zero-order valence-electron chi connectivity index (χ0n) is 20.5. The first-order chi connectivity index (χ1) is 18.6. The fourth-order valence-electron chi connectivity index (χ4n) is 4.95. The largest absolute Gasteiger partial charge is 0.489 e. The molecule has 1 aromatic heterocycles. The summed E-state index contributed by atoms with van der Waals surface area (Å²) in [5, 5.41) is 0.120. The number of hydrogen-bond acceptors (Lipinski definition) is 4. The van der Waals surface area contributed by atoms with Gasteiger partial charge in [-0.1, -0.05) is 72.8 Å². The predicted octanol–water partition coefficient (Wildman–Crippen LogP) is 6.30. The second kappa shape index (κ2) is 9.98. The van der Waals surface area contributed by atoms with Gasteiger partial charge >= 0.3 is 0 Å². The van der Waals surface area contributed by atoms with Gasteiger partial charge in [0.1, 0.15) is 23.8 Å². The van der Waals surface area contributed by atoms with Crippen molar-refractivity contribution in [1.82, 2.24) is 4.90 Å². The molecule has 0 radical (unpaired) electrons. The van der Waals surface area contributed by atoms with Crippen LogP contribution in [0.3, 0.4) is 0 Å². The highest BCUT2D eigenvalue weighted by Gasteiger charge is 2.42. The van der Waals surface area contributed by atoms with Gasteiger partial charge in [-0.15, -0.1) is 0 Å². The molecule has 5 aromatic rings. The molecule has 1 atom stereocenters. The molecule has 0 bridgehead atoms. The summed E-state index contributed by atoms with van der Waals surface area (Å²) in [6, 6.07) is 30.2. The maximum atomic E-state index is 14.0. The number of carbonyl (C=O) groups is 1. The van der Waals surface area contributed by atoms with Crippen molar-refractivity contribution in [2.24, 2.45) is 0 Å². The molecule has 0 aliphatic carbocycles. The fraction of sp³-hybridized carbons (Fsp3) is 0.125. The molecular weight excluding hydrogens is 481 g/mol. The lowest BCUT2D eigenvalue weighted by molar-refractivity contribution is 0.0730. The van der Waals surface area contributed by atoms with Gasteiger partial charge in [-0.25, -0.2) is 4.39 Å². The zero-order chi connectivity index (χ0) is 26.1. The molecular formula is C32H24FNO4. The Hall–Kier alpha value is -4.71. The van der Waals surface area contributed by atoms with E-state index >= 15 is 0 Å². The molecule has 1 aliphatic rings. The van der Waals surface area contributed by atoms with Crippen LogP contribution in [0.5, 0.6) is 5.75 Å². The number of ether oxygens (including phenoxy) is 1. The summed E-state index contributed by atoms with van der Waals surface area (Å²) in [5.41, 5.74) is 2.91. The lowest BCUT2D eigenvalue weighted by atomic mass is 9.98. The average molecular weight is 506 g/mol. The topological polar surface area (TPSA) is 59.8 Å². The predicted molar refractivity (Wildman–Crippen MR) is 143 cm³/mol. The highest BCUT2D eigenvalue weighted by atomic mass is 19.1. The van der Waals surface area contributed by atoms with E-state index in [-0.39, 0.29) is 28.2 Å². The van der Waals surface area contributed by atoms with Crippen molar-refractivity contribution in [3.8, 4) is 5.75 Å². The van der Waals surface area contributed by atoms with Crippen LogP contribution in [0.1, 0.15) is 38.9 Å². The summed E-state index contributed by atoms with van der Waals surface area (Å²) in [4.78, 5) is 28.9. The first kappa shape index (κ1) is 23.7. The average Bonchev–Trinajstić information content (AvgIpc) is 3.24. The Balaban J connectivity index is 1.37. The van der Waals surface area contributed by atoms with E-state index in [1.807, 2.05) is 84.9 Å². The molecule has 1 unspecified atom stereocenters. The van der Waals surface area contributed by atoms with E-state index in [2.05, 4.69) is 0 Å². The molecule has 0 saturated carbocycles. The molecule has 4 aromatic carbocycles. The Morgan fingerprint density at radius 3 is 2.21 bits per heavy atom. The molecule has 0 N–H and O–H groups in total. The minimum atomic E-state index is -0.659. The summed E-state index contributed by atoms with van der Waals surface area (Å²) >= 11 is 0. The van der Waals surface area contributed by atoms with Gasteiger partial charge in [0, 0.05) is 6.54 Å². The van der Waals surface area contributed by atoms with Crippen LogP contribution in [0, 0.1) is 5.82 Å². The Morgan fingerprint density at radius 1 is 0.816 bits per heavy atom. The minimum Gasteiger partial charge on any atom is -0.489 e. The van der Waals surface area contributed by atoms with Gasteiger partial charge in [-0.2, -0.15) is 0 Å². The highest BCUT2D eigenvalue weighted by molar-refractivity contribution is 5.99. The molecule has 1 amide bonds. The van der Waals surface area contributed by atoms with Crippen LogP contribution < -0.4 is 10.2 Å². The molecule has 2 heterocycles. The number of halogens is 1. The van der Waals surface area contributed by atoms with E-state index in [0.717, 1.165) is 22.8 Å². The minimum absolute atomic E-state index is 0.0107. The van der Waals surface area contributed by atoms with Gasteiger partial charge < -0.3 is 14.1 Å². The number of hydrogen-bond donors (Lipinski definition) is 0. The van der Waals surface area contributed by atoms with Crippen molar-refractivity contribution in [3.05, 3.63) is 147 Å². The summed E-state index contributed by atoms with van der Waals surface area (Å²) in [5.74, 6) is -0.206. The van der Waals surface area contributed by atoms with E-state index in [1.165, 1.54) is 12.1 Å². The molecule has 1 aliphatic heterocycles. The Kier molecular flexibility index (Phi) is 6.22. The number of carbonyl (C=O) groups excluding carboxylic acids is 1. The first-order valence-electron chi connectivity index (χ1n) is 12.5. The highest BCUT2D eigenvalue weighted by Crippen LogP contribution is 2.38. The van der Waals surface area contributed by atoms with E-state index in [1.54, 1.807) is 4.90 Å². The van der Waals surface area contributed by atoms with Crippen LogP contribution in [0.2, 0.25) is 0 Å². The Morgan fingerprint density at radius 2 is 1.50 bits per heavy atom. The third-order valence-corrected chi connectivity index (χ3v) is 6.86.